The number of aliphatic hydroxyl groups is 4. The molecule has 1 rings (SSSR count). The molecule has 1 fully saturated rings. The predicted molar refractivity (Wildman–Crippen MR) is 171 cm³/mol. The molecule has 1 aliphatic rings. The van der Waals surface area contributed by atoms with E-state index >= 15 is 0 Å². The maximum atomic E-state index is 12.6. The Morgan fingerprint density at radius 3 is 1.91 bits per heavy atom. The Kier molecular flexibility index (Phi) is 22.3. The molecule has 4 N–H and O–H groups in total. The van der Waals surface area contributed by atoms with Crippen molar-refractivity contribution in [3.8, 4) is 0 Å². The fraction of sp³-hybridized carbons (Fsp3) is 0.857. The largest absolute Gasteiger partial charge is 0.463 e. The highest BCUT2D eigenvalue weighted by molar-refractivity contribution is 5.79. The highest BCUT2D eigenvalue weighted by atomic mass is 16.6. The van der Waals surface area contributed by atoms with Gasteiger partial charge in [-0.25, -0.2) is 0 Å². The lowest BCUT2D eigenvalue weighted by Gasteiger charge is -2.20. The first-order chi connectivity index (χ1) is 21.0. The first-order valence-electron chi connectivity index (χ1n) is 17.3. The van der Waals surface area contributed by atoms with Gasteiger partial charge in [-0.1, -0.05) is 90.7 Å². The number of aliphatic hydroxyl groups excluding tert-OH is 4. The van der Waals surface area contributed by atoms with Crippen LogP contribution in [0.1, 0.15) is 136 Å². The molecule has 9 nitrogen and oxygen atoms in total. The first-order valence-corrected chi connectivity index (χ1v) is 17.3. The number of rotatable bonds is 26. The van der Waals surface area contributed by atoms with Gasteiger partial charge in [-0.05, 0) is 31.6 Å². The molecule has 0 aromatic carbocycles. The van der Waals surface area contributed by atoms with Gasteiger partial charge in [-0.2, -0.15) is 0 Å². The maximum Gasteiger partial charge on any atom is 0.305 e. The van der Waals surface area contributed by atoms with Gasteiger partial charge in [-0.15, -0.1) is 0 Å². The van der Waals surface area contributed by atoms with Gasteiger partial charge < -0.3 is 29.9 Å². The Hall–Kier alpha value is -1.81. The van der Waals surface area contributed by atoms with Crippen LogP contribution in [-0.4, -0.2) is 75.8 Å². The SMILES string of the molecule is CCCCC[C@H](O)/C=C/[C@@H]1[C@@H](CC(=O)CCCCC(=O)OC[C@H](O)COC(=O)CCCCCCCCC(C)C)[C@@H](O)C[C@H]1O. The van der Waals surface area contributed by atoms with E-state index in [-0.39, 0.29) is 56.6 Å². The highest BCUT2D eigenvalue weighted by Crippen LogP contribution is 2.36. The normalized spacial score (nSPS) is 21.5. The van der Waals surface area contributed by atoms with Crippen LogP contribution in [-0.2, 0) is 23.9 Å². The second-order valence-electron chi connectivity index (χ2n) is 13.1. The van der Waals surface area contributed by atoms with Crippen LogP contribution < -0.4 is 0 Å². The average Bonchev–Trinajstić information content (AvgIpc) is 3.24. The molecule has 44 heavy (non-hydrogen) atoms. The molecule has 0 aromatic heterocycles. The Balaban J connectivity index is 2.16. The Labute approximate surface area is 265 Å². The van der Waals surface area contributed by atoms with Crippen LogP contribution in [0.3, 0.4) is 0 Å². The first kappa shape index (κ1) is 40.2. The van der Waals surface area contributed by atoms with Crippen LogP contribution >= 0.6 is 0 Å². The van der Waals surface area contributed by atoms with Gasteiger partial charge in [0, 0.05) is 43.9 Å². The number of ketones is 1. The summed E-state index contributed by atoms with van der Waals surface area (Å²) in [7, 11) is 0. The summed E-state index contributed by atoms with van der Waals surface area (Å²) >= 11 is 0. The number of carbonyl (C=O) groups excluding carboxylic acids is 3. The van der Waals surface area contributed by atoms with E-state index in [2.05, 4.69) is 20.8 Å². The fourth-order valence-corrected chi connectivity index (χ4v) is 5.68. The summed E-state index contributed by atoms with van der Waals surface area (Å²) < 4.78 is 10.2. The zero-order valence-corrected chi connectivity index (χ0v) is 27.7. The summed E-state index contributed by atoms with van der Waals surface area (Å²) in [4.78, 5) is 36.5. The van der Waals surface area contributed by atoms with Crippen LogP contribution in [0, 0.1) is 17.8 Å². The fourth-order valence-electron chi connectivity index (χ4n) is 5.68. The summed E-state index contributed by atoms with van der Waals surface area (Å²) in [6.45, 7) is 6.09. The monoisotopic (exact) mass is 626 g/mol. The van der Waals surface area contributed by atoms with Crippen molar-refractivity contribution in [3.05, 3.63) is 12.2 Å². The van der Waals surface area contributed by atoms with Crippen molar-refractivity contribution < 1.29 is 44.3 Å². The molecule has 0 bridgehead atoms. The van der Waals surface area contributed by atoms with Gasteiger partial charge in [0.25, 0.3) is 0 Å². The van der Waals surface area contributed by atoms with Crippen molar-refractivity contribution >= 4 is 17.7 Å². The van der Waals surface area contributed by atoms with Crippen molar-refractivity contribution in [2.24, 2.45) is 17.8 Å². The summed E-state index contributed by atoms with van der Waals surface area (Å²) in [5.74, 6) is -0.935. The number of hydrogen-bond donors (Lipinski definition) is 4. The second-order valence-corrected chi connectivity index (χ2v) is 13.1. The topological polar surface area (TPSA) is 151 Å². The van der Waals surface area contributed by atoms with E-state index < -0.39 is 36.3 Å². The minimum absolute atomic E-state index is 0.0442. The molecule has 1 saturated carbocycles. The highest BCUT2D eigenvalue weighted by Gasteiger charge is 2.41. The molecule has 1 aliphatic carbocycles. The number of ether oxygens (including phenoxy) is 2. The average molecular weight is 627 g/mol. The van der Waals surface area contributed by atoms with Crippen molar-refractivity contribution in [1.29, 1.82) is 0 Å². The Bertz CT molecular complexity index is 812. The smallest absolute Gasteiger partial charge is 0.305 e. The third kappa shape index (κ3) is 19.6. The molecule has 0 aliphatic heterocycles. The lowest BCUT2D eigenvalue weighted by Crippen LogP contribution is -2.25. The van der Waals surface area contributed by atoms with Gasteiger partial charge >= 0.3 is 11.9 Å². The Morgan fingerprint density at radius 2 is 1.30 bits per heavy atom. The van der Waals surface area contributed by atoms with Crippen molar-refractivity contribution in [3.63, 3.8) is 0 Å². The molecule has 256 valence electrons. The van der Waals surface area contributed by atoms with Crippen LogP contribution in [0.5, 0.6) is 0 Å². The Morgan fingerprint density at radius 1 is 0.750 bits per heavy atom. The predicted octanol–water partition coefficient (Wildman–Crippen LogP) is 5.59. The van der Waals surface area contributed by atoms with Crippen molar-refractivity contribution in [1.82, 2.24) is 0 Å². The van der Waals surface area contributed by atoms with Gasteiger partial charge in [0.15, 0.2) is 0 Å². The van der Waals surface area contributed by atoms with E-state index in [0.717, 1.165) is 44.4 Å². The van der Waals surface area contributed by atoms with E-state index in [1.54, 1.807) is 12.2 Å². The summed E-state index contributed by atoms with van der Waals surface area (Å²) in [6, 6.07) is 0. The van der Waals surface area contributed by atoms with Crippen LogP contribution in [0.15, 0.2) is 12.2 Å². The summed E-state index contributed by atoms with van der Waals surface area (Å²) in [5, 5.41) is 40.9. The quantitative estimate of drug-likeness (QED) is 0.0548. The third-order valence-electron chi connectivity index (χ3n) is 8.41. The molecular formula is C35H62O9. The lowest BCUT2D eigenvalue weighted by molar-refractivity contribution is -0.152. The molecule has 0 unspecified atom stereocenters. The molecular weight excluding hydrogens is 564 g/mol. The summed E-state index contributed by atoms with van der Waals surface area (Å²) in [6.07, 6.45) is 13.6. The van der Waals surface area contributed by atoms with E-state index in [1.165, 1.54) is 25.7 Å². The number of hydrogen-bond acceptors (Lipinski definition) is 9. The van der Waals surface area contributed by atoms with Gasteiger partial charge in [-0.3, -0.25) is 14.4 Å². The van der Waals surface area contributed by atoms with Gasteiger partial charge in [0.1, 0.15) is 25.1 Å². The van der Waals surface area contributed by atoms with Gasteiger partial charge in [0.2, 0.25) is 0 Å². The summed E-state index contributed by atoms with van der Waals surface area (Å²) in [5.41, 5.74) is 0. The van der Waals surface area contributed by atoms with Crippen LogP contribution in [0.25, 0.3) is 0 Å². The molecule has 0 heterocycles. The molecule has 6 atom stereocenters. The molecule has 0 aromatic rings. The van der Waals surface area contributed by atoms with Crippen LogP contribution in [0.2, 0.25) is 0 Å². The zero-order chi connectivity index (χ0) is 32.7. The van der Waals surface area contributed by atoms with Crippen molar-refractivity contribution in [2.45, 2.75) is 161 Å². The standard InChI is InChI=1S/C35H62O9/c1-4-5-10-16-27(36)20-21-30-31(33(40)23-32(30)39)22-28(37)17-13-14-19-35(42)44-25-29(38)24-43-34(41)18-12-9-7-6-8-11-15-26(2)3/h20-21,26-27,29-33,36,38-40H,4-19,22-25H2,1-3H3/b21-20+/t27-,29+,30+,31+,32+,33-/m0/s1. The van der Waals surface area contributed by atoms with E-state index in [4.69, 9.17) is 9.47 Å². The molecule has 0 saturated heterocycles. The van der Waals surface area contributed by atoms with Crippen molar-refractivity contribution in [2.75, 3.05) is 13.2 Å². The lowest BCUT2D eigenvalue weighted by atomic mass is 9.87. The van der Waals surface area contributed by atoms with Crippen LogP contribution in [0.4, 0.5) is 0 Å². The number of esters is 2. The minimum Gasteiger partial charge on any atom is -0.463 e. The third-order valence-corrected chi connectivity index (χ3v) is 8.41. The minimum atomic E-state index is -1.09. The number of carbonyl (C=O) groups is 3. The number of unbranched alkanes of at least 4 members (excludes halogenated alkanes) is 8. The molecule has 0 radical (unpaired) electrons. The van der Waals surface area contributed by atoms with E-state index in [0.29, 0.717) is 25.7 Å². The van der Waals surface area contributed by atoms with E-state index in [9.17, 15) is 34.8 Å². The molecule has 9 heteroatoms. The molecule has 0 amide bonds. The van der Waals surface area contributed by atoms with Gasteiger partial charge in [0.05, 0.1) is 18.3 Å². The van der Waals surface area contributed by atoms with E-state index in [1.807, 2.05) is 0 Å². The number of Topliss-reactive ketones (excluding diaryl/α,β-unsaturated/α-hetero) is 1. The molecule has 0 spiro atoms. The second kappa shape index (κ2) is 24.4. The zero-order valence-electron chi connectivity index (χ0n) is 27.7. The maximum absolute atomic E-state index is 12.6.